The number of hydrogen-bond acceptors (Lipinski definition) is 13. The summed E-state index contributed by atoms with van der Waals surface area (Å²) in [5.41, 5.74) is 9.00. The minimum absolute atomic E-state index is 0.0472. The van der Waals surface area contributed by atoms with Gasteiger partial charge in [-0.3, -0.25) is 14.5 Å². The molecule has 0 atom stereocenters. The number of esters is 1. The number of methoxy groups -OCH3 is 1. The fourth-order valence-corrected chi connectivity index (χ4v) is 10.5. The second-order valence-corrected chi connectivity index (χ2v) is 21.1. The van der Waals surface area contributed by atoms with Gasteiger partial charge >= 0.3 is 11.9 Å². The molecule has 80 heavy (non-hydrogen) atoms. The molecule has 6 heterocycles. The number of aryl methyl sites for hydroxylation is 4. The van der Waals surface area contributed by atoms with Crippen molar-refractivity contribution in [2.45, 2.75) is 90.3 Å². The second kappa shape index (κ2) is 23.9. The summed E-state index contributed by atoms with van der Waals surface area (Å²) in [7, 11) is 1.26. The maximum atomic E-state index is 12.9. The predicted molar refractivity (Wildman–Crippen MR) is 298 cm³/mol. The van der Waals surface area contributed by atoms with Crippen LogP contribution in [-0.4, -0.2) is 56.3 Å². The first-order valence-corrected chi connectivity index (χ1v) is 27.0. The molecule has 21 heteroatoms. The van der Waals surface area contributed by atoms with Gasteiger partial charge in [-0.15, -0.1) is 0 Å². The van der Waals surface area contributed by atoms with Crippen LogP contribution in [0.4, 0.5) is 21.6 Å². The van der Waals surface area contributed by atoms with Gasteiger partial charge in [0.2, 0.25) is 17.8 Å². The molecule has 2 N–H and O–H groups in total. The Kier molecular flexibility index (Phi) is 16.6. The molecule has 0 spiro atoms. The van der Waals surface area contributed by atoms with Crippen LogP contribution in [0.15, 0.2) is 106 Å². The van der Waals surface area contributed by atoms with Crippen molar-refractivity contribution < 1.29 is 51.9 Å². The van der Waals surface area contributed by atoms with Gasteiger partial charge < -0.3 is 33.7 Å². The standard InChI is InChI=1S/C29H23Cl2N3O5.C22H18Cl2N2O3.C8H8FNO2/c1-15-11-18(29(36)37)13-32-28(15)34-23-9-8-19(12-17(23)7-10-24(34)35)38-14-20-26(33-39-27(20)16-5-6-16)25-21(30)3-2-4-22(25)31;23-16-2-1-3-17(24)20(16)21-15(22(29-26-21)12-4-5-12)11-28-14-7-8-18-13(10-14)6-9-19(27)25-18;1-5-3-6(8(11)12-2)4-10-7(5)9/h2-4,8-9,11-13,16H,5-7,10,14H2,1H3,(H,36,37);1-3,7-8,10,12H,4-6,9,11H2,(H,25,27);3-4H,1-2H3. The zero-order valence-electron chi connectivity index (χ0n) is 43.2. The van der Waals surface area contributed by atoms with Gasteiger partial charge in [-0.2, -0.15) is 4.39 Å². The van der Waals surface area contributed by atoms with Crippen LogP contribution in [-0.2, 0) is 40.4 Å². The third-order valence-electron chi connectivity index (χ3n) is 13.8. The molecule has 4 aliphatic rings. The number of carboxylic acid groups (broad SMARTS) is 1. The number of pyridine rings is 2. The number of nitrogens with one attached hydrogen (secondary N) is 1. The largest absolute Gasteiger partial charge is 0.489 e. The molecule has 8 aromatic rings. The van der Waals surface area contributed by atoms with Gasteiger partial charge in [0.1, 0.15) is 53.4 Å². The maximum Gasteiger partial charge on any atom is 0.339 e. The Hall–Kier alpha value is -7.83. The smallest absolute Gasteiger partial charge is 0.339 e. The molecule has 2 saturated carbocycles. The number of aromatic carboxylic acids is 1. The van der Waals surface area contributed by atoms with Crippen molar-refractivity contribution in [3.63, 3.8) is 0 Å². The minimum atomic E-state index is -1.07. The average Bonchev–Trinajstić information content (AvgIpc) is 4.46. The zero-order valence-corrected chi connectivity index (χ0v) is 46.2. The van der Waals surface area contributed by atoms with Crippen molar-refractivity contribution >= 4 is 87.3 Å². The lowest BCUT2D eigenvalue weighted by molar-refractivity contribution is -0.118. The van der Waals surface area contributed by atoms with Gasteiger partial charge in [-0.1, -0.05) is 68.8 Å². The van der Waals surface area contributed by atoms with E-state index < -0.39 is 17.9 Å². The molecule has 0 saturated heterocycles. The van der Waals surface area contributed by atoms with Gasteiger partial charge in [0.25, 0.3) is 0 Å². The van der Waals surface area contributed by atoms with Crippen molar-refractivity contribution in [2.24, 2.45) is 0 Å². The summed E-state index contributed by atoms with van der Waals surface area (Å²) in [4.78, 5) is 55.9. The van der Waals surface area contributed by atoms with E-state index in [9.17, 15) is 28.7 Å². The highest BCUT2D eigenvalue weighted by Gasteiger charge is 2.36. The van der Waals surface area contributed by atoms with Crippen LogP contribution < -0.4 is 19.7 Å². The first kappa shape index (κ1) is 55.5. The summed E-state index contributed by atoms with van der Waals surface area (Å²) < 4.78 is 40.8. The molecule has 0 radical (unpaired) electrons. The van der Waals surface area contributed by atoms with E-state index in [4.69, 9.17) is 64.9 Å². The van der Waals surface area contributed by atoms with E-state index in [1.54, 1.807) is 54.3 Å². The normalized spacial score (nSPS) is 14.4. The lowest BCUT2D eigenvalue weighted by atomic mass is 10.00. The second-order valence-electron chi connectivity index (χ2n) is 19.4. The molecule has 2 aliphatic heterocycles. The van der Waals surface area contributed by atoms with Crippen LogP contribution in [0.1, 0.15) is 116 Å². The van der Waals surface area contributed by atoms with Gasteiger partial charge in [0.15, 0.2) is 0 Å². The van der Waals surface area contributed by atoms with E-state index in [1.165, 1.54) is 32.4 Å². The summed E-state index contributed by atoms with van der Waals surface area (Å²) >= 11 is 25.8. The number of fused-ring (bicyclic) bond motifs is 2. The molecule has 12 rings (SSSR count). The minimum Gasteiger partial charge on any atom is -0.489 e. The zero-order chi connectivity index (χ0) is 56.4. The monoisotopic (exact) mass is 1160 g/mol. The van der Waals surface area contributed by atoms with E-state index in [0.29, 0.717) is 115 Å². The molecule has 0 bridgehead atoms. The SMILES string of the molecule is COC(=O)c1cnc(F)c(C)c1.Cc1cc(C(=O)O)cnc1N1C(=O)CCc2cc(OCc3c(-c4c(Cl)cccc4Cl)noc3C3CC3)ccc21.O=C1CCc2cc(OCc3c(-c4c(Cl)cccc4Cl)noc3C3CC3)ccc2N1. The highest BCUT2D eigenvalue weighted by atomic mass is 35.5. The van der Waals surface area contributed by atoms with E-state index in [2.05, 4.69) is 30.3 Å². The van der Waals surface area contributed by atoms with Crippen LogP contribution in [0, 0.1) is 19.8 Å². The number of halogens is 5. The number of rotatable bonds is 13. The lowest BCUT2D eigenvalue weighted by Gasteiger charge is -2.30. The van der Waals surface area contributed by atoms with Crippen molar-refractivity contribution in [3.8, 4) is 34.0 Å². The molecule has 2 amide bonds. The molecule has 4 aromatic heterocycles. The summed E-state index contributed by atoms with van der Waals surface area (Å²) in [6, 6.07) is 24.9. The van der Waals surface area contributed by atoms with Crippen LogP contribution in [0.3, 0.4) is 0 Å². The summed E-state index contributed by atoms with van der Waals surface area (Å²) in [5.74, 6) is 1.90. The van der Waals surface area contributed by atoms with Gasteiger partial charge in [-0.25, -0.2) is 19.6 Å². The molecule has 2 aliphatic carbocycles. The van der Waals surface area contributed by atoms with Crippen molar-refractivity contribution in [2.75, 3.05) is 17.3 Å². The van der Waals surface area contributed by atoms with E-state index in [1.807, 2.05) is 30.3 Å². The lowest BCUT2D eigenvalue weighted by Crippen LogP contribution is -2.32. The van der Waals surface area contributed by atoms with E-state index >= 15 is 0 Å². The maximum absolute atomic E-state index is 12.9. The highest BCUT2D eigenvalue weighted by Crippen LogP contribution is 2.48. The molecule has 410 valence electrons. The van der Waals surface area contributed by atoms with Crippen LogP contribution >= 0.6 is 46.4 Å². The molecule has 4 aromatic carbocycles. The van der Waals surface area contributed by atoms with Crippen molar-refractivity contribution in [3.05, 3.63) is 179 Å². The van der Waals surface area contributed by atoms with Crippen molar-refractivity contribution in [1.29, 1.82) is 0 Å². The Bertz CT molecular complexity index is 3690. The number of carboxylic acids is 1. The molecular weight excluding hydrogens is 1110 g/mol. The first-order valence-electron chi connectivity index (χ1n) is 25.5. The third kappa shape index (κ3) is 12.2. The van der Waals surface area contributed by atoms with Gasteiger partial charge in [-0.05, 0) is 142 Å². The predicted octanol–water partition coefficient (Wildman–Crippen LogP) is 14.4. The van der Waals surface area contributed by atoms with Crippen LogP contribution in [0.25, 0.3) is 22.5 Å². The first-order chi connectivity index (χ1) is 38.6. The van der Waals surface area contributed by atoms with Crippen LogP contribution in [0.5, 0.6) is 11.5 Å². The van der Waals surface area contributed by atoms with Gasteiger partial charge in [0, 0.05) is 59.4 Å². The Morgan fingerprint density at radius 1 is 0.688 bits per heavy atom. The van der Waals surface area contributed by atoms with E-state index in [-0.39, 0.29) is 29.5 Å². The Morgan fingerprint density at radius 2 is 1.21 bits per heavy atom. The number of carbonyl (C=O) groups is 4. The number of ether oxygens (including phenoxy) is 3. The van der Waals surface area contributed by atoms with Crippen molar-refractivity contribution in [1.82, 2.24) is 20.3 Å². The summed E-state index contributed by atoms with van der Waals surface area (Å²) in [6.45, 7) is 3.80. The van der Waals surface area contributed by atoms with Crippen LogP contribution in [0.2, 0.25) is 20.1 Å². The molecule has 16 nitrogen and oxygen atoms in total. The number of benzene rings is 4. The average molecular weight is 1160 g/mol. The molecular formula is C59H49Cl4FN6O10. The third-order valence-corrected chi connectivity index (χ3v) is 15.0. The topological polar surface area (TPSA) is 209 Å². The molecule has 2 fully saturated rings. The van der Waals surface area contributed by atoms with Gasteiger partial charge in [0.05, 0.1) is 55.1 Å². The Morgan fingerprint density at radius 3 is 1.74 bits per heavy atom. The summed E-state index contributed by atoms with van der Waals surface area (Å²) in [5, 5.41) is 22.8. The number of hydrogen-bond donors (Lipinski definition) is 2. The summed E-state index contributed by atoms with van der Waals surface area (Å²) in [6.07, 6.45) is 8.68. The fourth-order valence-electron chi connectivity index (χ4n) is 9.35. The Labute approximate surface area is 478 Å². The quantitative estimate of drug-likeness (QED) is 0.0813. The number of amides is 2. The number of anilines is 3. The van der Waals surface area contributed by atoms with E-state index in [0.717, 1.165) is 77.1 Å². The number of aromatic nitrogens is 4. The highest BCUT2D eigenvalue weighted by molar-refractivity contribution is 6.39. The number of nitrogens with zero attached hydrogens (tertiary/aromatic N) is 5. The molecule has 0 unspecified atom stereocenters. The number of carbonyl (C=O) groups excluding carboxylic acids is 3. The Balaban J connectivity index is 0.000000153. The fraction of sp³-hybridized carbons (Fsp3) is 0.254.